The summed E-state index contributed by atoms with van der Waals surface area (Å²) in [5, 5.41) is 16.1. The third kappa shape index (κ3) is 3.26. The Kier molecular flexibility index (Phi) is 4.16. The molecule has 2 aromatic carbocycles. The molecule has 0 aliphatic rings. The third-order valence-corrected chi connectivity index (χ3v) is 5.02. The van der Waals surface area contributed by atoms with Crippen molar-refractivity contribution in [1.29, 1.82) is 0 Å². The normalized spacial score (nSPS) is 13.3. The number of aliphatic hydroxyl groups is 1. The minimum atomic E-state index is -3.69. The molecule has 0 fully saturated rings. The highest BCUT2D eigenvalue weighted by Gasteiger charge is 2.19. The Morgan fingerprint density at radius 1 is 1.22 bits per heavy atom. The van der Waals surface area contributed by atoms with E-state index in [9.17, 15) is 13.5 Å². The van der Waals surface area contributed by atoms with Crippen LogP contribution < -0.4 is 4.72 Å². The van der Waals surface area contributed by atoms with Crippen LogP contribution in [0.3, 0.4) is 0 Å². The van der Waals surface area contributed by atoms with Crippen LogP contribution >= 0.6 is 0 Å². The van der Waals surface area contributed by atoms with Crippen molar-refractivity contribution in [3.05, 3.63) is 60.4 Å². The van der Waals surface area contributed by atoms with E-state index in [1.165, 1.54) is 17.1 Å². The van der Waals surface area contributed by atoms with E-state index in [0.717, 1.165) is 10.8 Å². The summed E-state index contributed by atoms with van der Waals surface area (Å²) in [7, 11) is -2.05. The molecule has 0 saturated carbocycles. The van der Waals surface area contributed by atoms with Gasteiger partial charge >= 0.3 is 0 Å². The van der Waals surface area contributed by atoms with Gasteiger partial charge < -0.3 is 5.11 Å². The highest BCUT2D eigenvalue weighted by molar-refractivity contribution is 7.89. The standard InChI is InChI=1S/C16H17N3O3S/c1-19-11-13(9-17-19)23(21,22)18-10-16(20)15-8-4-6-12-5-2-3-7-14(12)15/h2-9,11,16,18,20H,10H2,1H3/t16-/m1/s1. The van der Waals surface area contributed by atoms with E-state index in [4.69, 9.17) is 0 Å². The van der Waals surface area contributed by atoms with Crippen LogP contribution in [0.1, 0.15) is 11.7 Å². The molecule has 3 aromatic rings. The lowest BCUT2D eigenvalue weighted by atomic mass is 10.0. The number of nitrogens with one attached hydrogen (secondary N) is 1. The van der Waals surface area contributed by atoms with Crippen LogP contribution in [0.25, 0.3) is 10.8 Å². The van der Waals surface area contributed by atoms with Crippen molar-refractivity contribution in [3.8, 4) is 0 Å². The first kappa shape index (κ1) is 15.7. The maximum absolute atomic E-state index is 12.2. The second-order valence-corrected chi connectivity index (χ2v) is 7.05. The summed E-state index contributed by atoms with van der Waals surface area (Å²) < 4.78 is 28.2. The summed E-state index contributed by atoms with van der Waals surface area (Å²) >= 11 is 0. The molecular weight excluding hydrogens is 314 g/mol. The molecule has 7 heteroatoms. The summed E-state index contributed by atoms with van der Waals surface area (Å²) in [5.74, 6) is 0. The summed E-state index contributed by atoms with van der Waals surface area (Å²) in [6.45, 7) is -0.106. The molecule has 6 nitrogen and oxygen atoms in total. The predicted molar refractivity (Wildman–Crippen MR) is 87.3 cm³/mol. The Morgan fingerprint density at radius 3 is 2.70 bits per heavy atom. The van der Waals surface area contributed by atoms with Gasteiger partial charge in [-0.25, -0.2) is 13.1 Å². The van der Waals surface area contributed by atoms with Crippen molar-refractivity contribution in [2.45, 2.75) is 11.0 Å². The number of benzene rings is 2. The van der Waals surface area contributed by atoms with E-state index >= 15 is 0 Å². The van der Waals surface area contributed by atoms with Crippen molar-refractivity contribution in [3.63, 3.8) is 0 Å². The van der Waals surface area contributed by atoms with Gasteiger partial charge in [0.15, 0.2) is 0 Å². The van der Waals surface area contributed by atoms with E-state index in [1.807, 2.05) is 36.4 Å². The second kappa shape index (κ2) is 6.11. The van der Waals surface area contributed by atoms with Gasteiger partial charge in [-0.05, 0) is 16.3 Å². The zero-order valence-electron chi connectivity index (χ0n) is 12.5. The van der Waals surface area contributed by atoms with E-state index in [1.54, 1.807) is 13.1 Å². The number of hydrogen-bond acceptors (Lipinski definition) is 4. The van der Waals surface area contributed by atoms with Crippen molar-refractivity contribution >= 4 is 20.8 Å². The van der Waals surface area contributed by atoms with Crippen LogP contribution in [0.15, 0.2) is 59.8 Å². The topological polar surface area (TPSA) is 84.2 Å². The Labute approximate surface area is 134 Å². The monoisotopic (exact) mass is 331 g/mol. The molecule has 2 N–H and O–H groups in total. The average molecular weight is 331 g/mol. The van der Waals surface area contributed by atoms with E-state index in [0.29, 0.717) is 5.56 Å². The summed E-state index contributed by atoms with van der Waals surface area (Å²) in [5.41, 5.74) is 0.692. The fourth-order valence-corrected chi connectivity index (χ4v) is 3.48. The van der Waals surface area contributed by atoms with Gasteiger partial charge in [0.25, 0.3) is 0 Å². The lowest BCUT2D eigenvalue weighted by Gasteiger charge is -2.14. The molecule has 0 radical (unpaired) electrons. The van der Waals surface area contributed by atoms with E-state index < -0.39 is 16.1 Å². The van der Waals surface area contributed by atoms with Gasteiger partial charge in [0, 0.05) is 19.8 Å². The van der Waals surface area contributed by atoms with Gasteiger partial charge in [0.05, 0.1) is 12.3 Å². The van der Waals surface area contributed by atoms with E-state index in [-0.39, 0.29) is 11.4 Å². The van der Waals surface area contributed by atoms with Crippen LogP contribution in [0.4, 0.5) is 0 Å². The number of sulfonamides is 1. The fourth-order valence-electron chi connectivity index (χ4n) is 2.46. The predicted octanol–water partition coefficient (Wildman–Crippen LogP) is 1.59. The zero-order chi connectivity index (χ0) is 16.4. The van der Waals surface area contributed by atoms with Crippen LogP contribution in [0, 0.1) is 0 Å². The lowest BCUT2D eigenvalue weighted by Crippen LogP contribution is -2.28. The molecule has 120 valence electrons. The van der Waals surface area contributed by atoms with Gasteiger partial charge in [0.2, 0.25) is 10.0 Å². The molecule has 1 heterocycles. The van der Waals surface area contributed by atoms with Gasteiger partial charge in [-0.15, -0.1) is 0 Å². The molecule has 3 rings (SSSR count). The van der Waals surface area contributed by atoms with Gasteiger partial charge in [-0.3, -0.25) is 4.68 Å². The maximum Gasteiger partial charge on any atom is 0.243 e. The fraction of sp³-hybridized carbons (Fsp3) is 0.188. The molecule has 0 unspecified atom stereocenters. The first-order valence-corrected chi connectivity index (χ1v) is 8.60. The van der Waals surface area contributed by atoms with Crippen molar-refractivity contribution in [1.82, 2.24) is 14.5 Å². The Bertz CT molecular complexity index is 929. The maximum atomic E-state index is 12.2. The highest BCUT2D eigenvalue weighted by Crippen LogP contribution is 2.24. The molecular formula is C16H17N3O3S. The molecule has 23 heavy (non-hydrogen) atoms. The van der Waals surface area contributed by atoms with Crippen molar-refractivity contribution in [2.24, 2.45) is 7.05 Å². The quantitative estimate of drug-likeness (QED) is 0.743. The lowest BCUT2D eigenvalue weighted by molar-refractivity contribution is 0.183. The molecule has 0 aliphatic heterocycles. The third-order valence-electron chi connectivity index (χ3n) is 3.64. The Balaban J connectivity index is 1.80. The largest absolute Gasteiger partial charge is 0.387 e. The average Bonchev–Trinajstić information content (AvgIpc) is 2.99. The number of nitrogens with zero attached hydrogens (tertiary/aromatic N) is 2. The minimum Gasteiger partial charge on any atom is -0.387 e. The van der Waals surface area contributed by atoms with Crippen molar-refractivity contribution < 1.29 is 13.5 Å². The first-order valence-electron chi connectivity index (χ1n) is 7.11. The summed E-state index contributed by atoms with van der Waals surface area (Å²) in [6, 6.07) is 13.3. The molecule has 0 saturated heterocycles. The van der Waals surface area contributed by atoms with Gasteiger partial charge in [0.1, 0.15) is 4.90 Å². The smallest absolute Gasteiger partial charge is 0.243 e. The molecule has 0 bridgehead atoms. The molecule has 0 spiro atoms. The SMILES string of the molecule is Cn1cc(S(=O)(=O)NC[C@@H](O)c2cccc3ccccc23)cn1. The molecule has 0 aliphatic carbocycles. The number of aliphatic hydroxyl groups excluding tert-OH is 1. The number of fused-ring (bicyclic) bond motifs is 1. The minimum absolute atomic E-state index is 0.0742. The Hall–Kier alpha value is -2.22. The number of aromatic nitrogens is 2. The van der Waals surface area contributed by atoms with Gasteiger partial charge in [-0.1, -0.05) is 42.5 Å². The highest BCUT2D eigenvalue weighted by atomic mass is 32.2. The number of hydrogen-bond donors (Lipinski definition) is 2. The number of aryl methyl sites for hydroxylation is 1. The van der Waals surface area contributed by atoms with Gasteiger partial charge in [-0.2, -0.15) is 5.10 Å². The summed E-state index contributed by atoms with van der Waals surface area (Å²) in [6.07, 6.45) is 1.74. The first-order chi connectivity index (χ1) is 11.0. The summed E-state index contributed by atoms with van der Waals surface area (Å²) in [4.78, 5) is 0.0742. The number of rotatable bonds is 5. The second-order valence-electron chi connectivity index (χ2n) is 5.29. The molecule has 1 atom stereocenters. The van der Waals surface area contributed by atoms with E-state index in [2.05, 4.69) is 9.82 Å². The van der Waals surface area contributed by atoms with Crippen LogP contribution in [0.5, 0.6) is 0 Å². The Morgan fingerprint density at radius 2 is 1.96 bits per heavy atom. The molecule has 1 aromatic heterocycles. The molecule has 0 amide bonds. The van der Waals surface area contributed by atoms with Crippen molar-refractivity contribution in [2.75, 3.05) is 6.54 Å². The zero-order valence-corrected chi connectivity index (χ0v) is 13.4. The van der Waals surface area contributed by atoms with Crippen LogP contribution in [0.2, 0.25) is 0 Å². The van der Waals surface area contributed by atoms with Crippen LogP contribution in [-0.4, -0.2) is 29.8 Å². The van der Waals surface area contributed by atoms with Crippen LogP contribution in [-0.2, 0) is 17.1 Å².